The number of rotatable bonds is 5. The summed E-state index contributed by atoms with van der Waals surface area (Å²) in [5.41, 5.74) is 1.87. The van der Waals surface area contributed by atoms with Crippen LogP contribution >= 0.6 is 0 Å². The van der Waals surface area contributed by atoms with Gasteiger partial charge in [0.1, 0.15) is 0 Å². The van der Waals surface area contributed by atoms with E-state index in [1.165, 1.54) is 0 Å². The minimum atomic E-state index is 0.535. The van der Waals surface area contributed by atoms with Crippen molar-refractivity contribution < 1.29 is 9.47 Å². The number of anilines is 1. The number of aryl methyl sites for hydroxylation is 1. The minimum Gasteiger partial charge on any atom is -0.481 e. The van der Waals surface area contributed by atoms with Crippen LogP contribution in [0.1, 0.15) is 11.3 Å². The number of hydrogen-bond donors (Lipinski definition) is 1. The molecule has 0 saturated heterocycles. The molecule has 0 radical (unpaired) electrons. The molecular formula is C13H16N4O2. The average molecular weight is 260 g/mol. The molecule has 2 heterocycles. The molecule has 6 heteroatoms. The second kappa shape index (κ2) is 5.99. The molecule has 0 aliphatic rings. The Labute approximate surface area is 111 Å². The highest BCUT2D eigenvalue weighted by molar-refractivity contribution is 5.32. The molecule has 0 aliphatic carbocycles. The molecule has 19 heavy (non-hydrogen) atoms. The van der Waals surface area contributed by atoms with E-state index in [1.807, 2.05) is 19.1 Å². The lowest BCUT2D eigenvalue weighted by Gasteiger charge is -2.07. The molecule has 2 rings (SSSR count). The first-order valence-corrected chi connectivity index (χ1v) is 5.83. The van der Waals surface area contributed by atoms with E-state index in [-0.39, 0.29) is 0 Å². The van der Waals surface area contributed by atoms with Gasteiger partial charge in [0.25, 0.3) is 0 Å². The van der Waals surface area contributed by atoms with E-state index < -0.39 is 0 Å². The van der Waals surface area contributed by atoms with Crippen molar-refractivity contribution in [2.24, 2.45) is 0 Å². The molecule has 1 N–H and O–H groups in total. The molecule has 0 fully saturated rings. The Morgan fingerprint density at radius 2 is 1.89 bits per heavy atom. The standard InChI is InChI=1S/C13H16N4O2/c1-9-6-12(19-3)17-13(16-9)15-8-10-4-5-11(18-2)14-7-10/h4-7H,8H2,1-3H3,(H,15,16,17). The minimum absolute atomic E-state index is 0.535. The van der Waals surface area contributed by atoms with Gasteiger partial charge in [-0.2, -0.15) is 4.98 Å². The molecule has 2 aromatic heterocycles. The lowest BCUT2D eigenvalue weighted by molar-refractivity contribution is 0.397. The number of nitrogens with one attached hydrogen (secondary N) is 1. The van der Waals surface area contributed by atoms with Gasteiger partial charge in [-0.15, -0.1) is 0 Å². The summed E-state index contributed by atoms with van der Waals surface area (Å²) >= 11 is 0. The van der Waals surface area contributed by atoms with Crippen LogP contribution in [0.3, 0.4) is 0 Å². The van der Waals surface area contributed by atoms with E-state index in [2.05, 4.69) is 20.3 Å². The number of methoxy groups -OCH3 is 2. The molecule has 0 unspecified atom stereocenters. The lowest BCUT2D eigenvalue weighted by Crippen LogP contribution is -2.05. The maximum atomic E-state index is 5.10. The van der Waals surface area contributed by atoms with Crippen molar-refractivity contribution in [2.75, 3.05) is 19.5 Å². The summed E-state index contributed by atoms with van der Waals surface area (Å²) in [5.74, 6) is 1.67. The van der Waals surface area contributed by atoms with Crippen LogP contribution in [0, 0.1) is 6.92 Å². The molecule has 0 aromatic carbocycles. The first kappa shape index (κ1) is 13.1. The molecule has 0 bridgehead atoms. The largest absolute Gasteiger partial charge is 0.481 e. The zero-order valence-electron chi connectivity index (χ0n) is 11.2. The molecule has 0 aliphatic heterocycles. The summed E-state index contributed by atoms with van der Waals surface area (Å²) < 4.78 is 10.1. The van der Waals surface area contributed by atoms with Gasteiger partial charge >= 0.3 is 0 Å². The number of ether oxygens (including phenoxy) is 2. The van der Waals surface area contributed by atoms with Gasteiger partial charge in [0, 0.05) is 30.6 Å². The summed E-state index contributed by atoms with van der Waals surface area (Å²) in [6.07, 6.45) is 1.75. The number of nitrogens with zero attached hydrogens (tertiary/aromatic N) is 3. The van der Waals surface area contributed by atoms with Crippen molar-refractivity contribution in [3.05, 3.63) is 35.7 Å². The van der Waals surface area contributed by atoms with Gasteiger partial charge in [0.05, 0.1) is 14.2 Å². The second-order valence-electron chi connectivity index (χ2n) is 3.94. The van der Waals surface area contributed by atoms with Gasteiger partial charge < -0.3 is 14.8 Å². The van der Waals surface area contributed by atoms with E-state index in [4.69, 9.17) is 9.47 Å². The third kappa shape index (κ3) is 3.54. The number of aromatic nitrogens is 3. The van der Waals surface area contributed by atoms with Crippen LogP contribution in [0.15, 0.2) is 24.4 Å². The van der Waals surface area contributed by atoms with E-state index in [0.29, 0.717) is 24.3 Å². The third-order valence-corrected chi connectivity index (χ3v) is 2.50. The van der Waals surface area contributed by atoms with Crippen LogP contribution in [-0.4, -0.2) is 29.2 Å². The van der Waals surface area contributed by atoms with Crippen molar-refractivity contribution >= 4 is 5.95 Å². The molecule has 0 spiro atoms. The number of pyridine rings is 1. The van der Waals surface area contributed by atoms with Crippen molar-refractivity contribution in [3.63, 3.8) is 0 Å². The van der Waals surface area contributed by atoms with Crippen LogP contribution < -0.4 is 14.8 Å². The lowest BCUT2D eigenvalue weighted by atomic mass is 10.3. The zero-order chi connectivity index (χ0) is 13.7. The zero-order valence-corrected chi connectivity index (χ0v) is 11.2. The SMILES string of the molecule is COc1ccc(CNc2nc(C)cc(OC)n2)cn1. The Hall–Kier alpha value is -2.37. The Kier molecular flexibility index (Phi) is 4.12. The molecule has 2 aromatic rings. The van der Waals surface area contributed by atoms with Gasteiger partial charge in [-0.3, -0.25) is 0 Å². The highest BCUT2D eigenvalue weighted by Gasteiger charge is 2.02. The number of hydrogen-bond acceptors (Lipinski definition) is 6. The summed E-state index contributed by atoms with van der Waals surface area (Å²) in [4.78, 5) is 12.6. The van der Waals surface area contributed by atoms with Crippen LogP contribution in [-0.2, 0) is 6.54 Å². The molecular weight excluding hydrogens is 244 g/mol. The Balaban J connectivity index is 2.03. The highest BCUT2D eigenvalue weighted by atomic mass is 16.5. The smallest absolute Gasteiger partial charge is 0.226 e. The highest BCUT2D eigenvalue weighted by Crippen LogP contribution is 2.12. The van der Waals surface area contributed by atoms with E-state index >= 15 is 0 Å². The average Bonchev–Trinajstić information content (AvgIpc) is 2.45. The maximum Gasteiger partial charge on any atom is 0.226 e. The molecule has 0 saturated carbocycles. The quantitative estimate of drug-likeness (QED) is 0.884. The normalized spacial score (nSPS) is 10.1. The van der Waals surface area contributed by atoms with Crippen LogP contribution in [0.5, 0.6) is 11.8 Å². The third-order valence-electron chi connectivity index (χ3n) is 2.50. The summed E-state index contributed by atoms with van der Waals surface area (Å²) in [5, 5.41) is 3.13. The van der Waals surface area contributed by atoms with Crippen LogP contribution in [0.2, 0.25) is 0 Å². The fraction of sp³-hybridized carbons (Fsp3) is 0.308. The van der Waals surface area contributed by atoms with Crippen molar-refractivity contribution in [2.45, 2.75) is 13.5 Å². The fourth-order valence-electron chi connectivity index (χ4n) is 1.54. The van der Waals surface area contributed by atoms with Gasteiger partial charge in [-0.05, 0) is 12.5 Å². The Bertz CT molecular complexity index is 543. The first-order valence-electron chi connectivity index (χ1n) is 5.83. The predicted molar refractivity (Wildman–Crippen MR) is 71.4 cm³/mol. The van der Waals surface area contributed by atoms with Gasteiger partial charge in [-0.25, -0.2) is 9.97 Å². The topological polar surface area (TPSA) is 69.2 Å². The molecule has 100 valence electrons. The van der Waals surface area contributed by atoms with E-state index in [1.54, 1.807) is 26.5 Å². The van der Waals surface area contributed by atoms with E-state index in [0.717, 1.165) is 11.3 Å². The summed E-state index contributed by atoms with van der Waals surface area (Å²) in [6, 6.07) is 5.53. The summed E-state index contributed by atoms with van der Waals surface area (Å²) in [6.45, 7) is 2.48. The monoisotopic (exact) mass is 260 g/mol. The molecule has 6 nitrogen and oxygen atoms in total. The van der Waals surface area contributed by atoms with Gasteiger partial charge in [-0.1, -0.05) is 6.07 Å². The second-order valence-corrected chi connectivity index (χ2v) is 3.94. The first-order chi connectivity index (χ1) is 9.21. The van der Waals surface area contributed by atoms with Crippen LogP contribution in [0.25, 0.3) is 0 Å². The van der Waals surface area contributed by atoms with Crippen LogP contribution in [0.4, 0.5) is 5.95 Å². The summed E-state index contributed by atoms with van der Waals surface area (Å²) in [7, 11) is 3.17. The van der Waals surface area contributed by atoms with Crippen molar-refractivity contribution in [1.82, 2.24) is 15.0 Å². The van der Waals surface area contributed by atoms with E-state index in [9.17, 15) is 0 Å². The van der Waals surface area contributed by atoms with Crippen molar-refractivity contribution in [3.8, 4) is 11.8 Å². The molecule has 0 amide bonds. The Morgan fingerprint density at radius 1 is 1.11 bits per heavy atom. The van der Waals surface area contributed by atoms with Crippen molar-refractivity contribution in [1.29, 1.82) is 0 Å². The Morgan fingerprint density at radius 3 is 2.53 bits per heavy atom. The maximum absolute atomic E-state index is 5.10. The predicted octanol–water partition coefficient (Wildman–Crippen LogP) is 1.81. The van der Waals surface area contributed by atoms with Gasteiger partial charge in [0.15, 0.2) is 0 Å². The fourth-order valence-corrected chi connectivity index (χ4v) is 1.54. The van der Waals surface area contributed by atoms with Gasteiger partial charge in [0.2, 0.25) is 17.7 Å². The molecule has 0 atom stereocenters.